The molecule has 0 aromatic carbocycles. The van der Waals surface area contributed by atoms with E-state index in [0.717, 1.165) is 49.8 Å². The quantitative estimate of drug-likeness (QED) is 0.835. The van der Waals surface area contributed by atoms with Crippen LogP contribution in [0.2, 0.25) is 0 Å². The second-order valence-corrected chi connectivity index (χ2v) is 7.36. The first-order valence-corrected chi connectivity index (χ1v) is 9.23. The Bertz CT molecular complexity index is 704. The SMILES string of the molecule is Cc1cc(N(C)C2CCN(Cc3cnc(C4CC4)nc3)CC2)ncn1. The summed E-state index contributed by atoms with van der Waals surface area (Å²) >= 11 is 0. The zero-order valence-corrected chi connectivity index (χ0v) is 15.1. The zero-order valence-electron chi connectivity index (χ0n) is 15.1. The summed E-state index contributed by atoms with van der Waals surface area (Å²) in [6.45, 7) is 5.17. The smallest absolute Gasteiger partial charge is 0.132 e. The van der Waals surface area contributed by atoms with Crippen molar-refractivity contribution in [3.8, 4) is 0 Å². The first kappa shape index (κ1) is 16.4. The van der Waals surface area contributed by atoms with E-state index in [-0.39, 0.29) is 0 Å². The zero-order chi connectivity index (χ0) is 17.2. The number of nitrogens with zero attached hydrogens (tertiary/aromatic N) is 6. The van der Waals surface area contributed by atoms with Gasteiger partial charge in [0.1, 0.15) is 18.0 Å². The molecule has 1 saturated carbocycles. The molecule has 25 heavy (non-hydrogen) atoms. The molecular formula is C19H26N6. The van der Waals surface area contributed by atoms with Crippen LogP contribution >= 0.6 is 0 Å². The molecule has 0 N–H and O–H groups in total. The largest absolute Gasteiger partial charge is 0.356 e. The molecule has 0 amide bonds. The topological polar surface area (TPSA) is 58.0 Å². The summed E-state index contributed by atoms with van der Waals surface area (Å²) in [6, 6.07) is 2.60. The van der Waals surface area contributed by atoms with Gasteiger partial charge in [-0.1, -0.05) is 0 Å². The van der Waals surface area contributed by atoms with Gasteiger partial charge in [0.05, 0.1) is 0 Å². The maximum atomic E-state index is 4.54. The van der Waals surface area contributed by atoms with E-state index in [1.807, 2.05) is 19.3 Å². The van der Waals surface area contributed by atoms with E-state index in [1.165, 1.54) is 18.4 Å². The molecule has 0 radical (unpaired) electrons. The molecule has 1 saturated heterocycles. The van der Waals surface area contributed by atoms with Crippen LogP contribution in [0.25, 0.3) is 0 Å². The Labute approximate surface area is 149 Å². The van der Waals surface area contributed by atoms with Crippen LogP contribution in [0.4, 0.5) is 5.82 Å². The van der Waals surface area contributed by atoms with Gasteiger partial charge < -0.3 is 4.90 Å². The molecule has 1 aliphatic carbocycles. The van der Waals surface area contributed by atoms with Crippen molar-refractivity contribution in [2.24, 2.45) is 0 Å². The minimum Gasteiger partial charge on any atom is -0.356 e. The number of hydrogen-bond donors (Lipinski definition) is 0. The third kappa shape index (κ3) is 3.95. The first-order chi connectivity index (χ1) is 12.2. The molecule has 6 heteroatoms. The van der Waals surface area contributed by atoms with Crippen LogP contribution in [-0.4, -0.2) is 51.0 Å². The highest BCUT2D eigenvalue weighted by atomic mass is 15.2. The van der Waals surface area contributed by atoms with Crippen molar-refractivity contribution in [1.29, 1.82) is 0 Å². The van der Waals surface area contributed by atoms with E-state index in [2.05, 4.69) is 42.8 Å². The maximum absolute atomic E-state index is 4.54. The molecule has 0 atom stereocenters. The number of hydrogen-bond acceptors (Lipinski definition) is 6. The summed E-state index contributed by atoms with van der Waals surface area (Å²) < 4.78 is 0. The summed E-state index contributed by atoms with van der Waals surface area (Å²) in [6.07, 6.45) is 10.5. The van der Waals surface area contributed by atoms with Gasteiger partial charge in [-0.05, 0) is 32.6 Å². The summed E-state index contributed by atoms with van der Waals surface area (Å²) in [7, 11) is 2.15. The lowest BCUT2D eigenvalue weighted by Crippen LogP contribution is -2.43. The Kier molecular flexibility index (Phi) is 4.61. The van der Waals surface area contributed by atoms with Crippen molar-refractivity contribution in [3.05, 3.63) is 41.9 Å². The average molecular weight is 338 g/mol. The molecular weight excluding hydrogens is 312 g/mol. The van der Waals surface area contributed by atoms with E-state index in [0.29, 0.717) is 12.0 Å². The first-order valence-electron chi connectivity index (χ1n) is 9.23. The van der Waals surface area contributed by atoms with Crippen molar-refractivity contribution in [2.45, 2.75) is 51.1 Å². The molecule has 132 valence electrons. The molecule has 0 unspecified atom stereocenters. The van der Waals surface area contributed by atoms with E-state index in [1.54, 1.807) is 6.33 Å². The lowest BCUT2D eigenvalue weighted by Gasteiger charge is -2.37. The van der Waals surface area contributed by atoms with Crippen molar-refractivity contribution < 1.29 is 0 Å². The van der Waals surface area contributed by atoms with Gasteiger partial charge in [-0.2, -0.15) is 0 Å². The predicted octanol–water partition coefficient (Wildman–Crippen LogP) is 2.55. The fourth-order valence-corrected chi connectivity index (χ4v) is 3.54. The van der Waals surface area contributed by atoms with Crippen molar-refractivity contribution >= 4 is 5.82 Å². The molecule has 0 spiro atoms. The Morgan fingerprint density at radius 3 is 2.40 bits per heavy atom. The van der Waals surface area contributed by atoms with Gasteiger partial charge in [0.15, 0.2) is 0 Å². The minimum atomic E-state index is 0.541. The lowest BCUT2D eigenvalue weighted by molar-refractivity contribution is 0.202. The fraction of sp³-hybridized carbons (Fsp3) is 0.579. The van der Waals surface area contributed by atoms with E-state index < -0.39 is 0 Å². The second-order valence-electron chi connectivity index (χ2n) is 7.36. The predicted molar refractivity (Wildman–Crippen MR) is 97.5 cm³/mol. The molecule has 1 aliphatic heterocycles. The molecule has 3 heterocycles. The molecule has 2 fully saturated rings. The van der Waals surface area contributed by atoms with Gasteiger partial charge in [0, 0.05) is 68.4 Å². The van der Waals surface area contributed by atoms with Crippen LogP contribution in [0.15, 0.2) is 24.8 Å². The van der Waals surface area contributed by atoms with E-state index in [9.17, 15) is 0 Å². The van der Waals surface area contributed by atoms with Crippen LogP contribution in [0.1, 0.15) is 48.7 Å². The Hall–Kier alpha value is -2.08. The third-order valence-electron chi connectivity index (χ3n) is 5.33. The van der Waals surface area contributed by atoms with Gasteiger partial charge >= 0.3 is 0 Å². The van der Waals surface area contributed by atoms with Crippen LogP contribution in [0.5, 0.6) is 0 Å². The number of rotatable bonds is 5. The number of piperidine rings is 1. The standard InChI is InChI=1S/C19H26N6/c1-14-9-18(23-13-22-14)24(2)17-5-7-25(8-6-17)12-15-10-20-19(21-11-15)16-3-4-16/h9-11,13,16-17H,3-8,12H2,1-2H3. The van der Waals surface area contributed by atoms with Crippen LogP contribution in [0.3, 0.4) is 0 Å². The highest BCUT2D eigenvalue weighted by molar-refractivity contribution is 5.39. The lowest BCUT2D eigenvalue weighted by atomic mass is 10.0. The summed E-state index contributed by atoms with van der Waals surface area (Å²) in [4.78, 5) is 22.5. The number of aromatic nitrogens is 4. The Morgan fingerprint density at radius 2 is 1.76 bits per heavy atom. The monoisotopic (exact) mass is 338 g/mol. The van der Waals surface area contributed by atoms with Crippen molar-refractivity contribution in [1.82, 2.24) is 24.8 Å². The molecule has 6 nitrogen and oxygen atoms in total. The van der Waals surface area contributed by atoms with Gasteiger partial charge in [0.2, 0.25) is 0 Å². The molecule has 4 rings (SSSR count). The van der Waals surface area contributed by atoms with Gasteiger partial charge in [-0.15, -0.1) is 0 Å². The van der Waals surface area contributed by atoms with Gasteiger partial charge in [0.25, 0.3) is 0 Å². The molecule has 2 aromatic heterocycles. The van der Waals surface area contributed by atoms with E-state index in [4.69, 9.17) is 0 Å². The Balaban J connectivity index is 1.30. The highest BCUT2D eigenvalue weighted by Crippen LogP contribution is 2.37. The maximum Gasteiger partial charge on any atom is 0.132 e. The average Bonchev–Trinajstić information content (AvgIpc) is 3.48. The minimum absolute atomic E-state index is 0.541. The molecule has 2 aliphatic rings. The van der Waals surface area contributed by atoms with Crippen molar-refractivity contribution in [2.75, 3.05) is 25.0 Å². The van der Waals surface area contributed by atoms with Gasteiger partial charge in [-0.25, -0.2) is 19.9 Å². The summed E-state index contributed by atoms with van der Waals surface area (Å²) in [5.74, 6) is 2.69. The van der Waals surface area contributed by atoms with Crippen LogP contribution in [0, 0.1) is 6.92 Å². The van der Waals surface area contributed by atoms with Crippen LogP contribution in [-0.2, 0) is 6.54 Å². The number of aryl methyl sites for hydroxylation is 1. The van der Waals surface area contributed by atoms with Gasteiger partial charge in [-0.3, -0.25) is 4.90 Å². The fourth-order valence-electron chi connectivity index (χ4n) is 3.54. The van der Waals surface area contributed by atoms with Crippen molar-refractivity contribution in [3.63, 3.8) is 0 Å². The van der Waals surface area contributed by atoms with E-state index >= 15 is 0 Å². The summed E-state index contributed by atoms with van der Waals surface area (Å²) in [5, 5.41) is 0. The summed E-state index contributed by atoms with van der Waals surface area (Å²) in [5.41, 5.74) is 2.24. The number of anilines is 1. The second kappa shape index (κ2) is 7.04. The Morgan fingerprint density at radius 1 is 1.04 bits per heavy atom. The molecule has 0 bridgehead atoms. The van der Waals surface area contributed by atoms with Crippen LogP contribution < -0.4 is 4.90 Å². The normalized spacial score (nSPS) is 19.1. The third-order valence-corrected chi connectivity index (χ3v) is 5.33. The number of likely N-dealkylation sites (tertiary alicyclic amines) is 1. The highest BCUT2D eigenvalue weighted by Gasteiger charge is 2.26. The molecule has 2 aromatic rings.